The molecule has 2 aromatic carbocycles. The Labute approximate surface area is 215 Å². The second-order valence-electron chi connectivity index (χ2n) is 9.96. The molecule has 37 heavy (non-hydrogen) atoms. The van der Waals surface area contributed by atoms with E-state index in [9.17, 15) is 14.7 Å². The van der Waals surface area contributed by atoms with Gasteiger partial charge >= 0.3 is 0 Å². The third kappa shape index (κ3) is 5.19. The summed E-state index contributed by atoms with van der Waals surface area (Å²) in [4.78, 5) is 32.2. The van der Waals surface area contributed by atoms with Crippen molar-refractivity contribution in [1.29, 1.82) is 0 Å². The smallest absolute Gasteiger partial charge is 0.296 e. The van der Waals surface area contributed by atoms with Crippen LogP contribution in [0, 0.1) is 0 Å². The lowest BCUT2D eigenvalue weighted by Gasteiger charge is -2.38. The first-order chi connectivity index (χ1) is 17.9. The maximum absolute atomic E-state index is 13.2. The van der Waals surface area contributed by atoms with E-state index in [-0.39, 0.29) is 29.6 Å². The Morgan fingerprint density at radius 3 is 2.49 bits per heavy atom. The second-order valence-corrected chi connectivity index (χ2v) is 9.96. The molecule has 1 aliphatic heterocycles. The first-order valence-electron chi connectivity index (χ1n) is 12.6. The molecule has 1 aliphatic rings. The molecule has 4 aromatic rings. The summed E-state index contributed by atoms with van der Waals surface area (Å²) in [6.45, 7) is 3.52. The minimum Gasteiger partial charge on any atom is -0.388 e. The van der Waals surface area contributed by atoms with Crippen LogP contribution in [-0.4, -0.2) is 53.8 Å². The number of amides is 1. The van der Waals surface area contributed by atoms with Crippen molar-refractivity contribution >= 4 is 11.6 Å². The largest absolute Gasteiger partial charge is 0.388 e. The highest BCUT2D eigenvalue weighted by atomic mass is 16.3. The lowest BCUT2D eigenvalue weighted by Crippen LogP contribution is -2.50. The van der Waals surface area contributed by atoms with Crippen molar-refractivity contribution in [2.24, 2.45) is 5.73 Å². The van der Waals surface area contributed by atoms with Crippen LogP contribution in [0.1, 0.15) is 43.2 Å². The highest BCUT2D eigenvalue weighted by molar-refractivity contribution is 5.77. The van der Waals surface area contributed by atoms with E-state index in [1.807, 2.05) is 59.5 Å². The highest BCUT2D eigenvalue weighted by Crippen LogP contribution is 2.27. The number of rotatable bonds is 7. The lowest BCUT2D eigenvalue weighted by molar-refractivity contribution is -0.136. The maximum atomic E-state index is 13.2. The predicted octanol–water partition coefficient (Wildman–Crippen LogP) is 2.56. The molecule has 3 N–H and O–H groups in total. The number of piperidine rings is 1. The SMILES string of the molecule is C[C@H](CC(=O)N1CCC(O)(Cn2cnn3c(-c4ccc(CN)cc4)cnc3c2=O)CC1)c1ccccc1. The summed E-state index contributed by atoms with van der Waals surface area (Å²) in [5.74, 6) is 0.215. The van der Waals surface area contributed by atoms with Crippen LogP contribution in [0.15, 0.2) is 71.9 Å². The normalized spacial score (nSPS) is 16.1. The van der Waals surface area contributed by atoms with Crippen molar-refractivity contribution in [3.63, 3.8) is 0 Å². The molecule has 3 heterocycles. The van der Waals surface area contributed by atoms with Gasteiger partial charge in [-0.15, -0.1) is 0 Å². The summed E-state index contributed by atoms with van der Waals surface area (Å²) < 4.78 is 2.94. The van der Waals surface area contributed by atoms with Crippen molar-refractivity contribution in [2.75, 3.05) is 13.1 Å². The maximum Gasteiger partial charge on any atom is 0.296 e. The molecule has 5 rings (SSSR count). The fourth-order valence-electron chi connectivity index (χ4n) is 4.96. The van der Waals surface area contributed by atoms with Gasteiger partial charge in [-0.3, -0.25) is 14.2 Å². The van der Waals surface area contributed by atoms with Crippen molar-refractivity contribution in [2.45, 2.75) is 50.8 Å². The van der Waals surface area contributed by atoms with Crippen LogP contribution in [0.4, 0.5) is 0 Å². The molecule has 9 heteroatoms. The Morgan fingerprint density at radius 1 is 1.11 bits per heavy atom. The molecule has 9 nitrogen and oxygen atoms in total. The lowest BCUT2D eigenvalue weighted by atomic mass is 9.90. The average Bonchev–Trinajstić information content (AvgIpc) is 3.36. The zero-order valence-electron chi connectivity index (χ0n) is 21.0. The first kappa shape index (κ1) is 24.9. The fourth-order valence-corrected chi connectivity index (χ4v) is 4.96. The Hall–Kier alpha value is -3.82. The van der Waals surface area contributed by atoms with Crippen molar-refractivity contribution in [3.05, 3.63) is 88.6 Å². The van der Waals surface area contributed by atoms with Gasteiger partial charge in [0.1, 0.15) is 6.33 Å². The molecule has 0 spiro atoms. The quantitative estimate of drug-likeness (QED) is 0.403. The molecule has 0 radical (unpaired) electrons. The van der Waals surface area contributed by atoms with Gasteiger partial charge in [-0.2, -0.15) is 5.10 Å². The van der Waals surface area contributed by atoms with Crippen LogP contribution in [0.3, 0.4) is 0 Å². The fraction of sp³-hybridized carbons (Fsp3) is 0.357. The monoisotopic (exact) mass is 500 g/mol. The van der Waals surface area contributed by atoms with E-state index in [4.69, 9.17) is 5.73 Å². The minimum absolute atomic E-state index is 0.0862. The van der Waals surface area contributed by atoms with Crippen molar-refractivity contribution in [3.8, 4) is 11.3 Å². The van der Waals surface area contributed by atoms with E-state index in [1.54, 1.807) is 6.20 Å². The molecule has 2 aromatic heterocycles. The third-order valence-electron chi connectivity index (χ3n) is 7.34. The first-order valence-corrected chi connectivity index (χ1v) is 12.6. The van der Waals surface area contributed by atoms with Crippen LogP contribution in [0.2, 0.25) is 0 Å². The number of likely N-dealkylation sites (tertiary alicyclic amines) is 1. The number of imidazole rings is 1. The van der Waals surface area contributed by atoms with E-state index in [0.717, 1.165) is 16.7 Å². The topological polar surface area (TPSA) is 119 Å². The van der Waals surface area contributed by atoms with Gasteiger partial charge in [0.2, 0.25) is 11.6 Å². The number of hydrogen-bond donors (Lipinski definition) is 2. The summed E-state index contributed by atoms with van der Waals surface area (Å²) in [5, 5.41) is 15.7. The Kier molecular flexibility index (Phi) is 6.90. The average molecular weight is 501 g/mol. The summed E-state index contributed by atoms with van der Waals surface area (Å²) >= 11 is 0. The second kappa shape index (κ2) is 10.3. The zero-order chi connectivity index (χ0) is 26.0. The van der Waals surface area contributed by atoms with Gasteiger partial charge in [0.25, 0.3) is 5.56 Å². The number of nitrogens with zero attached hydrogens (tertiary/aromatic N) is 5. The number of benzene rings is 2. The third-order valence-corrected chi connectivity index (χ3v) is 7.34. The van der Waals surface area contributed by atoms with Crippen LogP contribution >= 0.6 is 0 Å². The summed E-state index contributed by atoms with van der Waals surface area (Å²) in [6.07, 6.45) is 4.29. The standard InChI is InChI=1S/C28H32N6O3/c1-20(22-5-3-2-4-6-22)15-25(35)32-13-11-28(37,12-14-32)18-33-19-31-34-24(17-30-26(34)27(33)36)23-9-7-21(16-29)8-10-23/h2-10,17,19-20,37H,11-16,18,29H2,1H3/t20-/m1/s1. The number of carbonyl (C=O) groups excluding carboxylic acids is 1. The number of aromatic nitrogens is 4. The number of fused-ring (bicyclic) bond motifs is 1. The zero-order valence-corrected chi connectivity index (χ0v) is 21.0. The van der Waals surface area contributed by atoms with E-state index >= 15 is 0 Å². The summed E-state index contributed by atoms with van der Waals surface area (Å²) in [7, 11) is 0. The van der Waals surface area contributed by atoms with Crippen molar-refractivity contribution in [1.82, 2.24) is 24.1 Å². The molecule has 1 amide bonds. The van der Waals surface area contributed by atoms with Gasteiger partial charge in [0.15, 0.2) is 0 Å². The van der Waals surface area contributed by atoms with E-state index in [2.05, 4.69) is 17.0 Å². The Morgan fingerprint density at radius 2 is 1.81 bits per heavy atom. The molecule has 0 saturated carbocycles. The molecule has 0 unspecified atom stereocenters. The molecule has 0 bridgehead atoms. The van der Waals surface area contributed by atoms with E-state index < -0.39 is 5.60 Å². The Balaban J connectivity index is 1.25. The summed E-state index contributed by atoms with van der Waals surface area (Å²) in [5.41, 5.74) is 8.21. The highest BCUT2D eigenvalue weighted by Gasteiger charge is 2.35. The number of hydrogen-bond acceptors (Lipinski definition) is 6. The molecule has 0 aliphatic carbocycles. The number of aliphatic hydroxyl groups is 1. The van der Waals surface area contributed by atoms with Gasteiger partial charge in [0, 0.05) is 31.6 Å². The predicted molar refractivity (Wildman–Crippen MR) is 141 cm³/mol. The van der Waals surface area contributed by atoms with Crippen LogP contribution in [-0.2, 0) is 17.9 Å². The van der Waals surface area contributed by atoms with E-state index in [1.165, 1.54) is 15.4 Å². The van der Waals surface area contributed by atoms with Gasteiger partial charge in [0.05, 0.1) is 24.0 Å². The molecular formula is C28H32N6O3. The Bertz CT molecular complexity index is 1440. The molecule has 192 valence electrons. The van der Waals surface area contributed by atoms with Gasteiger partial charge in [-0.25, -0.2) is 9.50 Å². The molecular weight excluding hydrogens is 468 g/mol. The molecule has 1 fully saturated rings. The number of carbonyl (C=O) groups is 1. The summed E-state index contributed by atoms with van der Waals surface area (Å²) in [6, 6.07) is 17.7. The van der Waals surface area contributed by atoms with Gasteiger partial charge in [-0.1, -0.05) is 61.5 Å². The van der Waals surface area contributed by atoms with Crippen LogP contribution in [0.5, 0.6) is 0 Å². The number of nitrogens with two attached hydrogens (primary N) is 1. The van der Waals surface area contributed by atoms with E-state index in [0.29, 0.717) is 44.6 Å². The minimum atomic E-state index is -1.10. The van der Waals surface area contributed by atoms with Gasteiger partial charge < -0.3 is 15.7 Å². The van der Waals surface area contributed by atoms with Gasteiger partial charge in [-0.05, 0) is 29.9 Å². The molecule has 1 saturated heterocycles. The van der Waals surface area contributed by atoms with Crippen LogP contribution < -0.4 is 11.3 Å². The van der Waals surface area contributed by atoms with Crippen LogP contribution in [0.25, 0.3) is 16.9 Å². The van der Waals surface area contributed by atoms with Crippen molar-refractivity contribution < 1.29 is 9.90 Å². The molecule has 1 atom stereocenters.